The van der Waals surface area contributed by atoms with Crippen molar-refractivity contribution in [3.63, 3.8) is 0 Å². The summed E-state index contributed by atoms with van der Waals surface area (Å²) in [5, 5.41) is 0. The SMILES string of the molecule is CCCC(C)(CC)OC(=O)OC(C)(CC)CCC. The van der Waals surface area contributed by atoms with Crippen LogP contribution in [-0.2, 0) is 9.47 Å². The van der Waals surface area contributed by atoms with Crippen LogP contribution in [0.1, 0.15) is 80.1 Å². The van der Waals surface area contributed by atoms with Gasteiger partial charge in [-0.2, -0.15) is 0 Å². The second-order valence-corrected chi connectivity index (χ2v) is 5.56. The average Bonchev–Trinajstić information content (AvgIpc) is 2.29. The quantitative estimate of drug-likeness (QED) is 0.570. The summed E-state index contributed by atoms with van der Waals surface area (Å²) in [6, 6.07) is 0. The largest absolute Gasteiger partial charge is 0.509 e. The number of carbonyl (C=O) groups is 1. The van der Waals surface area contributed by atoms with Crippen LogP contribution in [0.3, 0.4) is 0 Å². The molecule has 0 radical (unpaired) electrons. The highest BCUT2D eigenvalue weighted by molar-refractivity contribution is 5.61. The summed E-state index contributed by atoms with van der Waals surface area (Å²) in [5.41, 5.74) is -0.792. The third-order valence-corrected chi connectivity index (χ3v) is 3.71. The van der Waals surface area contributed by atoms with E-state index in [0.717, 1.165) is 38.5 Å². The third kappa shape index (κ3) is 5.74. The fourth-order valence-corrected chi connectivity index (χ4v) is 2.08. The molecule has 2 atom stereocenters. The van der Waals surface area contributed by atoms with E-state index in [1.807, 2.05) is 27.7 Å². The summed E-state index contributed by atoms with van der Waals surface area (Å²) in [6.45, 7) is 12.2. The highest BCUT2D eigenvalue weighted by Crippen LogP contribution is 2.26. The maximum absolute atomic E-state index is 11.9. The Kier molecular flexibility index (Phi) is 7.34. The molecule has 0 aromatic heterocycles. The van der Waals surface area contributed by atoms with Crippen LogP contribution in [0.15, 0.2) is 0 Å². The lowest BCUT2D eigenvalue weighted by atomic mass is 9.97. The zero-order valence-corrected chi connectivity index (χ0v) is 13.0. The minimum Gasteiger partial charge on any atom is -0.428 e. The van der Waals surface area contributed by atoms with Gasteiger partial charge in [-0.3, -0.25) is 0 Å². The van der Waals surface area contributed by atoms with Crippen LogP contribution < -0.4 is 0 Å². The molecule has 2 unspecified atom stereocenters. The first-order chi connectivity index (χ1) is 8.34. The first-order valence-electron chi connectivity index (χ1n) is 7.26. The van der Waals surface area contributed by atoms with Gasteiger partial charge in [0, 0.05) is 0 Å². The van der Waals surface area contributed by atoms with Gasteiger partial charge in [0.1, 0.15) is 11.2 Å². The average molecular weight is 258 g/mol. The number of rotatable bonds is 8. The highest BCUT2D eigenvalue weighted by Gasteiger charge is 2.31. The monoisotopic (exact) mass is 258 g/mol. The first-order valence-corrected chi connectivity index (χ1v) is 7.26. The van der Waals surface area contributed by atoms with Crippen molar-refractivity contribution in [3.8, 4) is 0 Å². The van der Waals surface area contributed by atoms with Crippen LogP contribution in [-0.4, -0.2) is 17.4 Å². The zero-order valence-electron chi connectivity index (χ0n) is 13.0. The lowest BCUT2D eigenvalue weighted by Crippen LogP contribution is -2.36. The Morgan fingerprint density at radius 1 is 0.833 bits per heavy atom. The molecular weight excluding hydrogens is 228 g/mol. The van der Waals surface area contributed by atoms with Gasteiger partial charge in [-0.15, -0.1) is 0 Å². The molecule has 0 aromatic rings. The van der Waals surface area contributed by atoms with Gasteiger partial charge in [0.25, 0.3) is 0 Å². The number of carbonyl (C=O) groups excluding carboxylic acids is 1. The fourth-order valence-electron chi connectivity index (χ4n) is 2.08. The molecule has 0 aliphatic rings. The highest BCUT2D eigenvalue weighted by atomic mass is 16.7. The lowest BCUT2D eigenvalue weighted by Gasteiger charge is -2.32. The molecule has 0 aliphatic carbocycles. The van der Waals surface area contributed by atoms with Crippen molar-refractivity contribution in [2.75, 3.05) is 0 Å². The molecule has 0 N–H and O–H groups in total. The summed E-state index contributed by atoms with van der Waals surface area (Å²) in [6.07, 6.45) is 4.84. The normalized spacial score (nSPS) is 17.7. The molecule has 3 heteroatoms. The molecule has 0 aromatic carbocycles. The Hall–Kier alpha value is -0.730. The van der Waals surface area contributed by atoms with E-state index in [2.05, 4.69) is 13.8 Å². The molecule has 108 valence electrons. The first kappa shape index (κ1) is 17.3. The van der Waals surface area contributed by atoms with Crippen molar-refractivity contribution in [2.45, 2.75) is 91.3 Å². The smallest absolute Gasteiger partial charge is 0.428 e. The van der Waals surface area contributed by atoms with Gasteiger partial charge in [0.05, 0.1) is 0 Å². The van der Waals surface area contributed by atoms with E-state index in [0.29, 0.717) is 0 Å². The summed E-state index contributed by atoms with van der Waals surface area (Å²) in [4.78, 5) is 11.9. The van der Waals surface area contributed by atoms with Crippen molar-refractivity contribution in [1.29, 1.82) is 0 Å². The van der Waals surface area contributed by atoms with Crippen LogP contribution in [0.5, 0.6) is 0 Å². The Morgan fingerprint density at radius 2 is 1.17 bits per heavy atom. The maximum Gasteiger partial charge on any atom is 0.509 e. The predicted molar refractivity (Wildman–Crippen MR) is 74.8 cm³/mol. The minimum atomic E-state index is -0.523. The standard InChI is InChI=1S/C15H30O3/c1-7-11-14(5,9-3)17-13(16)18-15(6,10-4)12-8-2/h7-12H2,1-6H3. The van der Waals surface area contributed by atoms with Gasteiger partial charge in [-0.25, -0.2) is 4.79 Å². The van der Waals surface area contributed by atoms with Gasteiger partial charge < -0.3 is 9.47 Å². The van der Waals surface area contributed by atoms with Gasteiger partial charge in [-0.1, -0.05) is 40.5 Å². The second kappa shape index (κ2) is 7.65. The molecule has 0 amide bonds. The summed E-state index contributed by atoms with van der Waals surface area (Å²) in [7, 11) is 0. The van der Waals surface area contributed by atoms with E-state index in [1.54, 1.807) is 0 Å². The molecule has 3 nitrogen and oxygen atoms in total. The molecule has 0 saturated heterocycles. The van der Waals surface area contributed by atoms with Crippen molar-refractivity contribution >= 4 is 6.16 Å². The van der Waals surface area contributed by atoms with Crippen LogP contribution in [0.4, 0.5) is 4.79 Å². The number of hydrogen-bond donors (Lipinski definition) is 0. The van der Waals surface area contributed by atoms with Crippen LogP contribution in [0, 0.1) is 0 Å². The van der Waals surface area contributed by atoms with Crippen molar-refractivity contribution < 1.29 is 14.3 Å². The van der Waals surface area contributed by atoms with Crippen LogP contribution >= 0.6 is 0 Å². The molecule has 0 heterocycles. The molecule has 0 spiro atoms. The van der Waals surface area contributed by atoms with Crippen molar-refractivity contribution in [3.05, 3.63) is 0 Å². The second-order valence-electron chi connectivity index (χ2n) is 5.56. The number of hydrogen-bond acceptors (Lipinski definition) is 3. The molecule has 0 saturated carbocycles. The Bertz CT molecular complexity index is 228. The van der Waals surface area contributed by atoms with Gasteiger partial charge >= 0.3 is 6.16 Å². The van der Waals surface area contributed by atoms with E-state index in [-0.39, 0.29) is 0 Å². The fraction of sp³-hybridized carbons (Fsp3) is 0.933. The van der Waals surface area contributed by atoms with Gasteiger partial charge in [0.2, 0.25) is 0 Å². The van der Waals surface area contributed by atoms with Crippen LogP contribution in [0.25, 0.3) is 0 Å². The van der Waals surface area contributed by atoms with Crippen molar-refractivity contribution in [2.24, 2.45) is 0 Å². The third-order valence-electron chi connectivity index (χ3n) is 3.71. The van der Waals surface area contributed by atoms with Gasteiger partial charge in [0.15, 0.2) is 0 Å². The predicted octanol–water partition coefficient (Wildman–Crippen LogP) is 5.08. The van der Waals surface area contributed by atoms with Crippen LogP contribution in [0.2, 0.25) is 0 Å². The van der Waals surface area contributed by atoms with E-state index in [9.17, 15) is 4.79 Å². The molecule has 0 fully saturated rings. The zero-order chi connectivity index (χ0) is 14.2. The van der Waals surface area contributed by atoms with E-state index >= 15 is 0 Å². The Morgan fingerprint density at radius 3 is 1.39 bits per heavy atom. The van der Waals surface area contributed by atoms with E-state index in [1.165, 1.54) is 0 Å². The van der Waals surface area contributed by atoms with Gasteiger partial charge in [-0.05, 0) is 39.5 Å². The Labute approximate surface area is 112 Å². The minimum absolute atomic E-state index is 0.396. The lowest BCUT2D eigenvalue weighted by molar-refractivity contribution is -0.0778. The van der Waals surface area contributed by atoms with E-state index in [4.69, 9.17) is 9.47 Å². The molecule has 0 rings (SSSR count). The molecule has 0 aliphatic heterocycles. The Balaban J connectivity index is 4.48. The summed E-state index contributed by atoms with van der Waals surface area (Å²) >= 11 is 0. The maximum atomic E-state index is 11.9. The summed E-state index contributed by atoms with van der Waals surface area (Å²) in [5.74, 6) is 0. The van der Waals surface area contributed by atoms with Crippen molar-refractivity contribution in [1.82, 2.24) is 0 Å². The summed E-state index contributed by atoms with van der Waals surface area (Å²) < 4.78 is 11.0. The molecular formula is C15H30O3. The number of ether oxygens (including phenoxy) is 2. The molecule has 0 bridgehead atoms. The topological polar surface area (TPSA) is 35.5 Å². The van der Waals surface area contributed by atoms with E-state index < -0.39 is 17.4 Å². The molecule has 18 heavy (non-hydrogen) atoms.